The molecule has 0 heterocycles. The number of hydrogen-bond acceptors (Lipinski definition) is 5. The Labute approximate surface area is 133 Å². The van der Waals surface area contributed by atoms with E-state index in [2.05, 4.69) is 0 Å². The summed E-state index contributed by atoms with van der Waals surface area (Å²) in [6, 6.07) is 15.0. The molecule has 1 N–H and O–H groups in total. The Kier molecular flexibility index (Phi) is 5.96. The molecule has 2 aromatic carbocycles. The second kappa shape index (κ2) is 8.17. The fourth-order valence-electron chi connectivity index (χ4n) is 2.07. The molecule has 0 saturated carbocycles. The molecular formula is C17H17NO5. The van der Waals surface area contributed by atoms with Crippen molar-refractivity contribution < 1.29 is 19.6 Å². The average Bonchev–Trinajstić information content (AvgIpc) is 2.56. The number of rotatable bonds is 8. The molecule has 23 heavy (non-hydrogen) atoms. The number of benzene rings is 2. The molecule has 0 aromatic heterocycles. The van der Waals surface area contributed by atoms with Gasteiger partial charge in [0.2, 0.25) is 0 Å². The minimum absolute atomic E-state index is 0.0570. The van der Waals surface area contributed by atoms with Crippen molar-refractivity contribution in [2.45, 2.75) is 19.1 Å². The quantitative estimate of drug-likeness (QED) is 0.597. The van der Waals surface area contributed by atoms with Gasteiger partial charge >= 0.3 is 0 Å². The summed E-state index contributed by atoms with van der Waals surface area (Å²) in [7, 11) is 0. The summed E-state index contributed by atoms with van der Waals surface area (Å²) in [5.41, 5.74) is 1.38. The van der Waals surface area contributed by atoms with Crippen LogP contribution in [-0.2, 0) is 16.1 Å². The van der Waals surface area contributed by atoms with E-state index >= 15 is 0 Å². The molecule has 2 aromatic rings. The summed E-state index contributed by atoms with van der Waals surface area (Å²) in [5, 5.41) is 20.6. The third-order valence-corrected chi connectivity index (χ3v) is 3.28. The number of hydrogen-bond donors (Lipinski definition) is 1. The van der Waals surface area contributed by atoms with Crippen molar-refractivity contribution in [2.24, 2.45) is 0 Å². The summed E-state index contributed by atoms with van der Waals surface area (Å²) in [6.45, 7) is 0.249. The number of non-ortho nitro benzene ring substituents is 1. The van der Waals surface area contributed by atoms with Gasteiger partial charge in [-0.25, -0.2) is 0 Å². The van der Waals surface area contributed by atoms with Crippen molar-refractivity contribution in [3.63, 3.8) is 0 Å². The minimum atomic E-state index is -0.997. The first-order chi connectivity index (χ1) is 11.1. The molecule has 0 bridgehead atoms. The highest BCUT2D eigenvalue weighted by atomic mass is 16.6. The molecule has 2 rings (SSSR count). The van der Waals surface area contributed by atoms with Gasteiger partial charge in [0.1, 0.15) is 6.61 Å². The van der Waals surface area contributed by atoms with Gasteiger partial charge < -0.3 is 9.84 Å². The highest BCUT2D eigenvalue weighted by molar-refractivity contribution is 5.80. The molecule has 1 atom stereocenters. The summed E-state index contributed by atoms with van der Waals surface area (Å²) in [6.07, 6.45) is -1.09. The van der Waals surface area contributed by atoms with E-state index in [-0.39, 0.29) is 24.5 Å². The van der Waals surface area contributed by atoms with E-state index in [9.17, 15) is 20.0 Å². The predicted octanol–water partition coefficient (Wildman–Crippen LogP) is 2.80. The lowest BCUT2D eigenvalue weighted by atomic mass is 10.0. The summed E-state index contributed by atoms with van der Waals surface area (Å²) >= 11 is 0. The molecule has 0 saturated heterocycles. The monoisotopic (exact) mass is 315 g/mol. The van der Waals surface area contributed by atoms with Crippen LogP contribution in [0.25, 0.3) is 0 Å². The average molecular weight is 315 g/mol. The van der Waals surface area contributed by atoms with Gasteiger partial charge in [-0.15, -0.1) is 0 Å². The van der Waals surface area contributed by atoms with Crippen LogP contribution in [0.2, 0.25) is 0 Å². The topological polar surface area (TPSA) is 89.7 Å². The first-order valence-electron chi connectivity index (χ1n) is 7.12. The van der Waals surface area contributed by atoms with Crippen LogP contribution in [0.15, 0.2) is 54.6 Å². The lowest BCUT2D eigenvalue weighted by Gasteiger charge is -2.10. The summed E-state index contributed by atoms with van der Waals surface area (Å²) < 4.78 is 5.32. The second-order valence-corrected chi connectivity index (χ2v) is 5.09. The van der Waals surface area contributed by atoms with E-state index < -0.39 is 11.0 Å². The Morgan fingerprint density at radius 2 is 1.78 bits per heavy atom. The number of nitrogens with zero attached hydrogens (tertiary/aromatic N) is 1. The number of nitro benzene ring substituents is 1. The van der Waals surface area contributed by atoms with E-state index in [1.807, 2.05) is 30.3 Å². The Balaban J connectivity index is 1.79. The van der Waals surface area contributed by atoms with Gasteiger partial charge in [-0.3, -0.25) is 14.9 Å². The molecule has 120 valence electrons. The highest BCUT2D eigenvalue weighted by Gasteiger charge is 2.14. The van der Waals surface area contributed by atoms with Crippen molar-refractivity contribution in [3.8, 4) is 0 Å². The molecular weight excluding hydrogens is 298 g/mol. The molecule has 6 heteroatoms. The zero-order chi connectivity index (χ0) is 16.7. The Morgan fingerprint density at radius 1 is 1.13 bits per heavy atom. The van der Waals surface area contributed by atoms with Crippen LogP contribution in [0.4, 0.5) is 5.69 Å². The number of nitro groups is 1. The largest absolute Gasteiger partial charge is 0.388 e. The first kappa shape index (κ1) is 16.8. The Morgan fingerprint density at radius 3 is 2.39 bits per heavy atom. The van der Waals surface area contributed by atoms with E-state index in [0.717, 1.165) is 5.56 Å². The van der Waals surface area contributed by atoms with Crippen LogP contribution in [-0.4, -0.2) is 22.4 Å². The molecule has 0 fully saturated rings. The summed E-state index contributed by atoms with van der Waals surface area (Å²) in [4.78, 5) is 21.9. The lowest BCUT2D eigenvalue weighted by Crippen LogP contribution is -2.13. The molecule has 0 amide bonds. The van der Waals surface area contributed by atoms with Crippen LogP contribution < -0.4 is 0 Å². The number of carbonyl (C=O) groups is 1. The minimum Gasteiger partial charge on any atom is -0.388 e. The van der Waals surface area contributed by atoms with E-state index in [4.69, 9.17) is 4.74 Å². The number of carbonyl (C=O) groups excluding carboxylic acids is 1. The van der Waals surface area contributed by atoms with E-state index in [1.54, 1.807) is 0 Å². The van der Waals surface area contributed by atoms with Gasteiger partial charge in [0, 0.05) is 18.6 Å². The SMILES string of the molecule is O=C(COCc1ccccc1)C[C@@H](O)c1ccc([N+](=O)[O-])cc1. The van der Waals surface area contributed by atoms with Crippen molar-refractivity contribution in [1.82, 2.24) is 0 Å². The maximum absolute atomic E-state index is 11.8. The van der Waals surface area contributed by atoms with Crippen molar-refractivity contribution >= 4 is 11.5 Å². The number of aliphatic hydroxyl groups is 1. The molecule has 0 radical (unpaired) electrons. The number of aliphatic hydroxyl groups excluding tert-OH is 1. The zero-order valence-electron chi connectivity index (χ0n) is 12.4. The number of ketones is 1. The smallest absolute Gasteiger partial charge is 0.269 e. The fraction of sp³-hybridized carbons (Fsp3) is 0.235. The second-order valence-electron chi connectivity index (χ2n) is 5.09. The molecule has 0 aliphatic carbocycles. The highest BCUT2D eigenvalue weighted by Crippen LogP contribution is 2.20. The number of ether oxygens (including phenoxy) is 1. The third-order valence-electron chi connectivity index (χ3n) is 3.28. The molecule has 0 aliphatic rings. The van der Waals surface area contributed by atoms with Gasteiger partial charge in [-0.2, -0.15) is 0 Å². The normalized spacial score (nSPS) is 11.9. The van der Waals surface area contributed by atoms with Crippen LogP contribution in [0.5, 0.6) is 0 Å². The number of Topliss-reactive ketones (excluding diaryl/α,β-unsaturated/α-hetero) is 1. The maximum Gasteiger partial charge on any atom is 0.269 e. The van der Waals surface area contributed by atoms with Crippen molar-refractivity contribution in [1.29, 1.82) is 0 Å². The van der Waals surface area contributed by atoms with Crippen LogP contribution >= 0.6 is 0 Å². The van der Waals surface area contributed by atoms with Crippen LogP contribution in [0, 0.1) is 10.1 Å². The van der Waals surface area contributed by atoms with Crippen LogP contribution in [0.3, 0.4) is 0 Å². The summed E-state index contributed by atoms with van der Waals surface area (Å²) in [5.74, 6) is -0.230. The molecule has 0 unspecified atom stereocenters. The predicted molar refractivity (Wildman–Crippen MR) is 83.8 cm³/mol. The zero-order valence-corrected chi connectivity index (χ0v) is 12.4. The van der Waals surface area contributed by atoms with Crippen LogP contribution in [0.1, 0.15) is 23.7 Å². The standard InChI is InChI=1S/C17H17NO5/c19-16(12-23-11-13-4-2-1-3-5-13)10-17(20)14-6-8-15(9-7-14)18(21)22/h1-9,17,20H,10-12H2/t17-/m1/s1. The van der Waals surface area contributed by atoms with E-state index in [0.29, 0.717) is 12.2 Å². The Bertz CT molecular complexity index is 654. The van der Waals surface area contributed by atoms with Gasteiger partial charge in [0.15, 0.2) is 5.78 Å². The van der Waals surface area contributed by atoms with Gasteiger partial charge in [0.05, 0.1) is 17.6 Å². The third kappa shape index (κ3) is 5.28. The van der Waals surface area contributed by atoms with Crippen molar-refractivity contribution in [2.75, 3.05) is 6.61 Å². The lowest BCUT2D eigenvalue weighted by molar-refractivity contribution is -0.384. The van der Waals surface area contributed by atoms with Gasteiger partial charge in [-0.05, 0) is 23.3 Å². The molecule has 0 aliphatic heterocycles. The van der Waals surface area contributed by atoms with E-state index in [1.165, 1.54) is 24.3 Å². The van der Waals surface area contributed by atoms with Gasteiger partial charge in [-0.1, -0.05) is 30.3 Å². The van der Waals surface area contributed by atoms with Crippen molar-refractivity contribution in [3.05, 3.63) is 75.8 Å². The Hall–Kier alpha value is -2.57. The fourth-order valence-corrected chi connectivity index (χ4v) is 2.07. The first-order valence-corrected chi connectivity index (χ1v) is 7.12. The maximum atomic E-state index is 11.8. The molecule has 0 spiro atoms. The van der Waals surface area contributed by atoms with Gasteiger partial charge in [0.25, 0.3) is 5.69 Å². The molecule has 6 nitrogen and oxygen atoms in total.